The number of para-hydroxylation sites is 1. The van der Waals surface area contributed by atoms with Crippen molar-refractivity contribution in [2.45, 2.75) is 11.4 Å². The second-order valence-corrected chi connectivity index (χ2v) is 8.94. The normalized spacial score (nSPS) is 11.9. The number of ether oxygens (including phenoxy) is 1. The Balaban J connectivity index is 1.80. The van der Waals surface area contributed by atoms with Gasteiger partial charge in [0, 0.05) is 29.2 Å². The lowest BCUT2D eigenvalue weighted by atomic mass is 10.1. The van der Waals surface area contributed by atoms with Gasteiger partial charge in [-0.2, -0.15) is 5.26 Å². The molecule has 0 spiro atoms. The fourth-order valence-corrected chi connectivity index (χ4v) is 4.70. The van der Waals surface area contributed by atoms with E-state index in [1.54, 1.807) is 25.3 Å². The molecule has 3 aromatic carbocycles. The van der Waals surface area contributed by atoms with Gasteiger partial charge in [0.25, 0.3) is 0 Å². The highest BCUT2D eigenvalue weighted by atomic mass is 32.2. The van der Waals surface area contributed by atoms with Gasteiger partial charge < -0.3 is 9.30 Å². The van der Waals surface area contributed by atoms with E-state index >= 15 is 0 Å². The summed E-state index contributed by atoms with van der Waals surface area (Å²) in [5.74, 6) is 0.773. The summed E-state index contributed by atoms with van der Waals surface area (Å²) in [6.45, 7) is 0.582. The molecule has 0 unspecified atom stereocenters. The average molecular weight is 429 g/mol. The molecule has 0 radical (unpaired) electrons. The van der Waals surface area contributed by atoms with Crippen molar-refractivity contribution in [1.82, 2.24) is 4.57 Å². The van der Waals surface area contributed by atoms with Gasteiger partial charge in [0.15, 0.2) is 0 Å². The summed E-state index contributed by atoms with van der Waals surface area (Å²) in [6.07, 6.45) is 3.33. The molecule has 0 N–H and O–H groups in total. The molecular weight excluding hydrogens is 408 g/mol. The van der Waals surface area contributed by atoms with Crippen molar-refractivity contribution < 1.29 is 13.2 Å². The molecule has 0 saturated heterocycles. The van der Waals surface area contributed by atoms with E-state index in [1.807, 2.05) is 65.4 Å². The lowest BCUT2D eigenvalue weighted by molar-refractivity contribution is 0.414. The van der Waals surface area contributed by atoms with Gasteiger partial charge in [-0.25, -0.2) is 8.42 Å². The number of aromatic nitrogens is 1. The maximum absolute atomic E-state index is 13.0. The molecule has 31 heavy (non-hydrogen) atoms. The maximum atomic E-state index is 13.0. The standard InChI is InChI=1S/C25H20N2O3S/c1-30-21-9-7-8-19(14-21)17-27-18-20(24-12-5-6-13-25(24)27)15-23(16-26)31(28,29)22-10-3-2-4-11-22/h2-15,18H,17H2,1H3. The first kappa shape index (κ1) is 20.5. The van der Waals surface area contributed by atoms with Crippen LogP contribution in [0.5, 0.6) is 5.75 Å². The van der Waals surface area contributed by atoms with Gasteiger partial charge in [0.1, 0.15) is 16.7 Å². The van der Waals surface area contributed by atoms with Crippen LogP contribution in [-0.4, -0.2) is 20.1 Å². The third-order valence-electron chi connectivity index (χ3n) is 5.05. The Kier molecular flexibility index (Phi) is 5.61. The second kappa shape index (κ2) is 8.50. The Morgan fingerprint density at radius 1 is 1.03 bits per heavy atom. The number of benzene rings is 3. The molecule has 0 saturated carbocycles. The number of methoxy groups -OCH3 is 1. The number of sulfone groups is 1. The van der Waals surface area contributed by atoms with Gasteiger partial charge in [-0.15, -0.1) is 0 Å². The van der Waals surface area contributed by atoms with E-state index in [2.05, 4.69) is 0 Å². The lowest BCUT2D eigenvalue weighted by Gasteiger charge is -2.07. The number of hydrogen-bond acceptors (Lipinski definition) is 4. The minimum Gasteiger partial charge on any atom is -0.497 e. The van der Waals surface area contributed by atoms with Crippen molar-refractivity contribution in [2.24, 2.45) is 0 Å². The summed E-state index contributed by atoms with van der Waals surface area (Å²) < 4.78 is 33.3. The van der Waals surface area contributed by atoms with Crippen LogP contribution in [0.4, 0.5) is 0 Å². The summed E-state index contributed by atoms with van der Waals surface area (Å²) in [7, 11) is -2.27. The summed E-state index contributed by atoms with van der Waals surface area (Å²) in [6, 6.07) is 25.4. The lowest BCUT2D eigenvalue weighted by Crippen LogP contribution is -2.03. The van der Waals surface area contributed by atoms with E-state index in [1.165, 1.54) is 18.2 Å². The Labute approximate surface area is 181 Å². The van der Waals surface area contributed by atoms with Gasteiger partial charge >= 0.3 is 0 Å². The number of fused-ring (bicyclic) bond motifs is 1. The van der Waals surface area contributed by atoms with Crippen LogP contribution in [0.1, 0.15) is 11.1 Å². The summed E-state index contributed by atoms with van der Waals surface area (Å²) in [4.78, 5) is -0.189. The van der Waals surface area contributed by atoms with E-state index in [4.69, 9.17) is 4.74 Å². The van der Waals surface area contributed by atoms with E-state index in [-0.39, 0.29) is 9.80 Å². The third kappa shape index (κ3) is 4.09. The van der Waals surface area contributed by atoms with Crippen LogP contribution in [0, 0.1) is 11.3 Å². The van der Waals surface area contributed by atoms with Crippen molar-refractivity contribution in [3.8, 4) is 11.8 Å². The maximum Gasteiger partial charge on any atom is 0.216 e. The molecule has 0 fully saturated rings. The van der Waals surface area contributed by atoms with Crippen LogP contribution in [0.15, 0.2) is 94.9 Å². The van der Waals surface area contributed by atoms with E-state index in [9.17, 15) is 13.7 Å². The zero-order chi connectivity index (χ0) is 21.8. The zero-order valence-corrected chi connectivity index (χ0v) is 17.7. The first-order chi connectivity index (χ1) is 15.0. The van der Waals surface area contributed by atoms with Gasteiger partial charge in [-0.05, 0) is 42.0 Å². The highest BCUT2D eigenvalue weighted by Crippen LogP contribution is 2.28. The molecule has 0 bridgehead atoms. The zero-order valence-electron chi connectivity index (χ0n) is 16.9. The predicted octanol–water partition coefficient (Wildman–Crippen LogP) is 5.04. The molecule has 0 aliphatic heterocycles. The SMILES string of the molecule is COc1cccc(Cn2cc(C=C(C#N)S(=O)(=O)c3ccccc3)c3ccccc32)c1. The Morgan fingerprint density at radius 3 is 2.52 bits per heavy atom. The number of nitriles is 1. The molecule has 1 heterocycles. The fourth-order valence-electron chi connectivity index (χ4n) is 3.53. The minimum atomic E-state index is -3.90. The number of nitrogens with zero attached hydrogens (tertiary/aromatic N) is 2. The van der Waals surface area contributed by atoms with E-state index < -0.39 is 9.84 Å². The summed E-state index contributed by atoms with van der Waals surface area (Å²) in [5.41, 5.74) is 2.67. The minimum absolute atomic E-state index is 0.0999. The molecule has 6 heteroatoms. The molecule has 4 aromatic rings. The van der Waals surface area contributed by atoms with Crippen molar-refractivity contribution in [1.29, 1.82) is 5.26 Å². The van der Waals surface area contributed by atoms with Crippen LogP contribution >= 0.6 is 0 Å². The van der Waals surface area contributed by atoms with Crippen molar-refractivity contribution in [3.63, 3.8) is 0 Å². The van der Waals surface area contributed by atoms with Crippen LogP contribution in [0.3, 0.4) is 0 Å². The van der Waals surface area contributed by atoms with E-state index in [0.717, 1.165) is 22.2 Å². The summed E-state index contributed by atoms with van der Waals surface area (Å²) >= 11 is 0. The fraction of sp³-hybridized carbons (Fsp3) is 0.0800. The van der Waals surface area contributed by atoms with Gasteiger partial charge in [-0.3, -0.25) is 0 Å². The topological polar surface area (TPSA) is 72.1 Å². The Hall–Kier alpha value is -3.82. The largest absolute Gasteiger partial charge is 0.497 e. The molecule has 1 aromatic heterocycles. The monoisotopic (exact) mass is 428 g/mol. The quantitative estimate of drug-likeness (QED) is 0.404. The van der Waals surface area contributed by atoms with Crippen molar-refractivity contribution in [3.05, 3.63) is 101 Å². The van der Waals surface area contributed by atoms with Crippen molar-refractivity contribution >= 4 is 26.8 Å². The third-order valence-corrected chi connectivity index (χ3v) is 6.73. The van der Waals surface area contributed by atoms with Gasteiger partial charge in [0.2, 0.25) is 9.84 Å². The molecule has 5 nitrogen and oxygen atoms in total. The van der Waals surface area contributed by atoms with Crippen LogP contribution in [-0.2, 0) is 16.4 Å². The van der Waals surface area contributed by atoms with Gasteiger partial charge in [0.05, 0.1) is 12.0 Å². The number of allylic oxidation sites excluding steroid dienone is 1. The van der Waals surface area contributed by atoms with E-state index in [0.29, 0.717) is 12.1 Å². The molecule has 0 aliphatic rings. The first-order valence-electron chi connectivity index (χ1n) is 9.65. The Bertz CT molecular complexity index is 1410. The highest BCUT2D eigenvalue weighted by molar-refractivity contribution is 7.95. The van der Waals surface area contributed by atoms with Crippen LogP contribution in [0.2, 0.25) is 0 Å². The molecule has 0 atom stereocenters. The molecular formula is C25H20N2O3S. The highest BCUT2D eigenvalue weighted by Gasteiger charge is 2.21. The predicted molar refractivity (Wildman–Crippen MR) is 121 cm³/mol. The molecule has 0 amide bonds. The van der Waals surface area contributed by atoms with Crippen molar-refractivity contribution in [2.75, 3.05) is 7.11 Å². The molecule has 0 aliphatic carbocycles. The van der Waals surface area contributed by atoms with Crippen LogP contribution < -0.4 is 4.74 Å². The second-order valence-electron chi connectivity index (χ2n) is 7.02. The average Bonchev–Trinajstić information content (AvgIpc) is 3.15. The smallest absolute Gasteiger partial charge is 0.216 e. The number of hydrogen-bond donors (Lipinski definition) is 0. The molecule has 154 valence electrons. The summed E-state index contributed by atoms with van der Waals surface area (Å²) in [5, 5.41) is 10.5. The molecule has 4 rings (SSSR count). The number of rotatable bonds is 6. The Morgan fingerprint density at radius 2 is 1.77 bits per heavy atom. The first-order valence-corrected chi connectivity index (χ1v) is 11.1. The van der Waals surface area contributed by atoms with Crippen LogP contribution in [0.25, 0.3) is 17.0 Å². The van der Waals surface area contributed by atoms with Gasteiger partial charge in [-0.1, -0.05) is 48.5 Å².